The van der Waals surface area contributed by atoms with Crippen LogP contribution in [0.1, 0.15) is 11.3 Å². The first-order valence-electron chi connectivity index (χ1n) is 10.8. The summed E-state index contributed by atoms with van der Waals surface area (Å²) in [4.78, 5) is 8.85. The van der Waals surface area contributed by atoms with E-state index in [1.165, 1.54) is 5.56 Å². The van der Waals surface area contributed by atoms with Crippen molar-refractivity contribution in [1.29, 1.82) is 0 Å². The molecule has 0 fully saturated rings. The average Bonchev–Trinajstić information content (AvgIpc) is 3.24. The van der Waals surface area contributed by atoms with E-state index in [0.717, 1.165) is 50.1 Å². The Kier molecular flexibility index (Phi) is 7.32. The number of hydrogen-bond donors (Lipinski definition) is 0. The number of rotatable bonds is 2. The SMILES string of the molecule is Cc1cccc(-c2[c-]cccc2)n1.Cc1ccnc(-c2[c-]ccc3c2oc2ccccc23)c1.[Ir]. The van der Waals surface area contributed by atoms with E-state index in [2.05, 4.69) is 41.2 Å². The van der Waals surface area contributed by atoms with Gasteiger partial charge in [0.25, 0.3) is 0 Å². The maximum Gasteiger partial charge on any atom is 0.120 e. The van der Waals surface area contributed by atoms with Gasteiger partial charge in [-0.05, 0) is 43.4 Å². The zero-order valence-electron chi connectivity index (χ0n) is 18.9. The summed E-state index contributed by atoms with van der Waals surface area (Å²) in [5.41, 5.74) is 7.82. The smallest absolute Gasteiger partial charge is 0.120 e. The van der Waals surface area contributed by atoms with Crippen LogP contribution in [0.5, 0.6) is 0 Å². The number of hydrogen-bond acceptors (Lipinski definition) is 3. The van der Waals surface area contributed by atoms with Gasteiger partial charge in [0.2, 0.25) is 0 Å². The van der Waals surface area contributed by atoms with Gasteiger partial charge in [-0.25, -0.2) is 0 Å². The van der Waals surface area contributed by atoms with Crippen LogP contribution in [-0.2, 0) is 20.1 Å². The van der Waals surface area contributed by atoms with Crippen molar-refractivity contribution < 1.29 is 24.5 Å². The van der Waals surface area contributed by atoms with Gasteiger partial charge in [-0.3, -0.25) is 0 Å². The van der Waals surface area contributed by atoms with E-state index < -0.39 is 0 Å². The van der Waals surface area contributed by atoms with E-state index in [0.29, 0.717) is 0 Å². The van der Waals surface area contributed by atoms with Crippen molar-refractivity contribution in [2.24, 2.45) is 0 Å². The predicted octanol–water partition coefficient (Wildman–Crippen LogP) is 7.61. The minimum Gasteiger partial charge on any atom is -0.501 e. The van der Waals surface area contributed by atoms with Gasteiger partial charge in [-0.2, -0.15) is 0 Å². The Balaban J connectivity index is 0.000000171. The van der Waals surface area contributed by atoms with Crippen molar-refractivity contribution in [3.8, 4) is 22.5 Å². The molecule has 6 rings (SSSR count). The maximum absolute atomic E-state index is 6.01. The Labute approximate surface area is 212 Å². The molecule has 0 atom stereocenters. The van der Waals surface area contributed by atoms with E-state index in [4.69, 9.17) is 4.42 Å². The van der Waals surface area contributed by atoms with Gasteiger partial charge in [0, 0.05) is 37.4 Å². The molecule has 1 radical (unpaired) electrons. The molecule has 34 heavy (non-hydrogen) atoms. The molecule has 3 aromatic carbocycles. The Morgan fingerprint density at radius 2 is 1.59 bits per heavy atom. The third-order valence-electron chi connectivity index (χ3n) is 5.38. The van der Waals surface area contributed by atoms with Crippen molar-refractivity contribution in [3.05, 3.63) is 121 Å². The molecular formula is C30H22IrN2O-2. The Morgan fingerprint density at radius 1 is 0.735 bits per heavy atom. The molecule has 0 aliphatic heterocycles. The minimum atomic E-state index is 0. The summed E-state index contributed by atoms with van der Waals surface area (Å²) in [5.74, 6) is 0. The molecule has 3 aromatic heterocycles. The predicted molar refractivity (Wildman–Crippen MR) is 134 cm³/mol. The number of nitrogens with zero attached hydrogens (tertiary/aromatic N) is 2. The fourth-order valence-corrected chi connectivity index (χ4v) is 3.80. The molecule has 0 bridgehead atoms. The number of aromatic nitrogens is 2. The molecular weight excluding hydrogens is 597 g/mol. The van der Waals surface area contributed by atoms with Crippen LogP contribution in [0.3, 0.4) is 0 Å². The van der Waals surface area contributed by atoms with Crippen molar-refractivity contribution >= 4 is 21.9 Å². The summed E-state index contributed by atoms with van der Waals surface area (Å²) in [5, 5.41) is 2.24. The van der Waals surface area contributed by atoms with Crippen molar-refractivity contribution in [2.75, 3.05) is 0 Å². The fraction of sp³-hybridized carbons (Fsp3) is 0.0667. The quantitative estimate of drug-likeness (QED) is 0.188. The van der Waals surface area contributed by atoms with E-state index in [9.17, 15) is 0 Å². The van der Waals surface area contributed by atoms with Crippen molar-refractivity contribution in [1.82, 2.24) is 9.97 Å². The van der Waals surface area contributed by atoms with Gasteiger partial charge >= 0.3 is 0 Å². The summed E-state index contributed by atoms with van der Waals surface area (Å²) < 4.78 is 6.01. The van der Waals surface area contributed by atoms with Crippen LogP contribution in [0.15, 0.2) is 102 Å². The molecule has 0 saturated carbocycles. The second kappa shape index (κ2) is 10.6. The van der Waals surface area contributed by atoms with Gasteiger partial charge in [0.05, 0.1) is 5.58 Å². The van der Waals surface area contributed by atoms with Gasteiger partial charge in [0.1, 0.15) is 5.58 Å². The molecule has 169 valence electrons. The molecule has 0 amide bonds. The van der Waals surface area contributed by atoms with Crippen LogP contribution < -0.4 is 0 Å². The molecule has 0 saturated heterocycles. The second-order valence-electron chi connectivity index (χ2n) is 7.85. The zero-order chi connectivity index (χ0) is 22.6. The van der Waals surface area contributed by atoms with Gasteiger partial charge in [0.15, 0.2) is 0 Å². The van der Waals surface area contributed by atoms with Crippen molar-refractivity contribution in [2.45, 2.75) is 13.8 Å². The first kappa shape index (κ1) is 23.6. The average molecular weight is 619 g/mol. The van der Waals surface area contributed by atoms with Gasteiger partial charge in [-0.15, -0.1) is 54.1 Å². The van der Waals surface area contributed by atoms with Crippen molar-refractivity contribution in [3.63, 3.8) is 0 Å². The molecule has 0 unspecified atom stereocenters. The third-order valence-corrected chi connectivity index (χ3v) is 5.38. The summed E-state index contributed by atoms with van der Waals surface area (Å²) in [6, 6.07) is 36.4. The number of benzene rings is 3. The Bertz CT molecular complexity index is 1540. The first-order chi connectivity index (χ1) is 16.2. The molecule has 0 aliphatic rings. The molecule has 3 heterocycles. The monoisotopic (exact) mass is 619 g/mol. The Hall–Kier alpha value is -3.59. The normalized spacial score (nSPS) is 10.4. The standard InChI is InChI=1S/C18H12NO.C12H10N.Ir/c1-12-9-10-19-16(11-12)15-7-4-6-14-13-5-2-3-8-17(13)20-18(14)15;1-10-6-5-9-12(13-10)11-7-3-2-4-8-11;/h2-6,8-11H,1H3;2-7,9H,1H3;/q2*-1;. The summed E-state index contributed by atoms with van der Waals surface area (Å²) >= 11 is 0. The van der Waals surface area contributed by atoms with Crippen LogP contribution in [0.25, 0.3) is 44.5 Å². The number of aryl methyl sites for hydroxylation is 2. The van der Waals surface area contributed by atoms with Crippen LogP contribution in [0, 0.1) is 26.0 Å². The summed E-state index contributed by atoms with van der Waals surface area (Å²) in [6.45, 7) is 4.05. The minimum absolute atomic E-state index is 0. The number of fused-ring (bicyclic) bond motifs is 3. The van der Waals surface area contributed by atoms with Crippen LogP contribution in [0.4, 0.5) is 0 Å². The van der Waals surface area contributed by atoms with E-state index in [-0.39, 0.29) is 20.1 Å². The van der Waals surface area contributed by atoms with E-state index in [1.807, 2.05) is 92.0 Å². The number of para-hydroxylation sites is 1. The van der Waals surface area contributed by atoms with E-state index in [1.54, 1.807) is 0 Å². The summed E-state index contributed by atoms with van der Waals surface area (Å²) in [7, 11) is 0. The zero-order valence-corrected chi connectivity index (χ0v) is 21.3. The number of pyridine rings is 2. The summed E-state index contributed by atoms with van der Waals surface area (Å²) in [6.07, 6.45) is 1.82. The third kappa shape index (κ3) is 4.99. The van der Waals surface area contributed by atoms with Crippen LogP contribution >= 0.6 is 0 Å². The molecule has 6 aromatic rings. The van der Waals surface area contributed by atoms with E-state index >= 15 is 0 Å². The molecule has 4 heteroatoms. The van der Waals surface area contributed by atoms with Crippen LogP contribution in [-0.4, -0.2) is 9.97 Å². The van der Waals surface area contributed by atoms with Crippen LogP contribution in [0.2, 0.25) is 0 Å². The largest absolute Gasteiger partial charge is 0.501 e. The molecule has 0 aliphatic carbocycles. The molecule has 0 spiro atoms. The van der Waals surface area contributed by atoms with Gasteiger partial charge < -0.3 is 14.4 Å². The Morgan fingerprint density at radius 3 is 2.38 bits per heavy atom. The topological polar surface area (TPSA) is 38.9 Å². The number of furan rings is 1. The molecule has 3 nitrogen and oxygen atoms in total. The first-order valence-corrected chi connectivity index (χ1v) is 10.8. The fourth-order valence-electron chi connectivity index (χ4n) is 3.80. The molecule has 0 N–H and O–H groups in total. The maximum atomic E-state index is 6.01. The second-order valence-corrected chi connectivity index (χ2v) is 7.85. The van der Waals surface area contributed by atoms with Gasteiger partial charge in [-0.1, -0.05) is 52.9 Å².